The van der Waals surface area contributed by atoms with Gasteiger partial charge in [0.2, 0.25) is 0 Å². The zero-order valence-corrected chi connectivity index (χ0v) is 16.2. The Kier molecular flexibility index (Phi) is 7.74. The molecule has 0 spiro atoms. The molecule has 4 nitrogen and oxygen atoms in total. The number of carbonyl (C=O) groups is 1. The summed E-state index contributed by atoms with van der Waals surface area (Å²) < 4.78 is 5.38. The summed E-state index contributed by atoms with van der Waals surface area (Å²) >= 11 is 0. The zero-order chi connectivity index (χ0) is 18.3. The van der Waals surface area contributed by atoms with Crippen molar-refractivity contribution in [1.82, 2.24) is 10.6 Å². The van der Waals surface area contributed by atoms with E-state index in [-0.39, 0.29) is 18.2 Å². The highest BCUT2D eigenvalue weighted by molar-refractivity contribution is 5.68. The lowest BCUT2D eigenvalue weighted by atomic mass is 9.95. The molecule has 0 fully saturated rings. The van der Waals surface area contributed by atoms with Gasteiger partial charge in [0.25, 0.3) is 0 Å². The highest BCUT2D eigenvalue weighted by Gasteiger charge is 2.23. The van der Waals surface area contributed by atoms with E-state index in [1.54, 1.807) is 0 Å². The molecule has 1 aromatic carbocycles. The lowest BCUT2D eigenvalue weighted by Crippen LogP contribution is -2.48. The van der Waals surface area contributed by atoms with Crippen LogP contribution >= 0.6 is 0 Å². The van der Waals surface area contributed by atoms with Gasteiger partial charge in [-0.15, -0.1) is 0 Å². The smallest absolute Gasteiger partial charge is 0.407 e. The number of ether oxygens (including phenoxy) is 1. The van der Waals surface area contributed by atoms with E-state index in [0.29, 0.717) is 18.4 Å². The molecule has 0 heterocycles. The molecule has 4 heteroatoms. The summed E-state index contributed by atoms with van der Waals surface area (Å²) in [6, 6.07) is 10.7. The molecule has 0 saturated heterocycles. The third-order valence-corrected chi connectivity index (χ3v) is 3.89. The van der Waals surface area contributed by atoms with E-state index in [1.165, 1.54) is 5.56 Å². The number of benzene rings is 1. The lowest BCUT2D eigenvalue weighted by Gasteiger charge is -2.29. The van der Waals surface area contributed by atoms with Crippen LogP contribution in [0.2, 0.25) is 0 Å². The molecule has 0 saturated carbocycles. The third-order valence-electron chi connectivity index (χ3n) is 3.89. The third kappa shape index (κ3) is 7.35. The molecular formula is C20H34N2O2. The average molecular weight is 335 g/mol. The van der Waals surface area contributed by atoms with Gasteiger partial charge in [-0.25, -0.2) is 4.79 Å². The van der Waals surface area contributed by atoms with E-state index in [2.05, 4.69) is 62.6 Å². The first kappa shape index (κ1) is 20.5. The lowest BCUT2D eigenvalue weighted by molar-refractivity contribution is 0.0488. The molecule has 0 bridgehead atoms. The molecule has 1 amide bonds. The highest BCUT2D eigenvalue weighted by Crippen LogP contribution is 2.21. The predicted molar refractivity (Wildman–Crippen MR) is 100 cm³/mol. The van der Waals surface area contributed by atoms with E-state index < -0.39 is 5.60 Å². The minimum absolute atomic E-state index is 0.0183. The van der Waals surface area contributed by atoms with Crippen molar-refractivity contribution >= 4 is 6.09 Å². The normalized spacial score (nSPS) is 14.5. The molecule has 2 atom stereocenters. The number of alkyl carbamates (subject to hydrolysis) is 1. The average Bonchev–Trinajstić information content (AvgIpc) is 2.44. The van der Waals surface area contributed by atoms with Crippen molar-refractivity contribution in [3.63, 3.8) is 0 Å². The first-order valence-corrected chi connectivity index (χ1v) is 8.88. The Bertz CT molecular complexity index is 492. The van der Waals surface area contributed by atoms with Gasteiger partial charge >= 0.3 is 6.09 Å². The Morgan fingerprint density at radius 2 is 1.62 bits per heavy atom. The predicted octanol–water partition coefficient (Wildman–Crippen LogP) is 4.52. The van der Waals surface area contributed by atoms with Gasteiger partial charge in [0.1, 0.15) is 5.60 Å². The van der Waals surface area contributed by atoms with Crippen LogP contribution in [0.3, 0.4) is 0 Å². The van der Waals surface area contributed by atoms with Crippen LogP contribution in [0.5, 0.6) is 0 Å². The van der Waals surface area contributed by atoms with E-state index in [0.717, 1.165) is 0 Å². The van der Waals surface area contributed by atoms with Crippen LogP contribution in [0.4, 0.5) is 4.79 Å². The van der Waals surface area contributed by atoms with Gasteiger partial charge in [-0.1, -0.05) is 58.0 Å². The Morgan fingerprint density at radius 1 is 1.04 bits per heavy atom. The number of hydrogen-bond acceptors (Lipinski definition) is 3. The van der Waals surface area contributed by atoms with Crippen molar-refractivity contribution in [2.75, 3.05) is 6.54 Å². The second-order valence-corrected chi connectivity index (χ2v) is 8.04. The van der Waals surface area contributed by atoms with Crippen molar-refractivity contribution < 1.29 is 9.53 Å². The Balaban J connectivity index is 2.69. The molecular weight excluding hydrogens is 300 g/mol. The maximum Gasteiger partial charge on any atom is 0.407 e. The fourth-order valence-electron chi connectivity index (χ4n) is 2.57. The summed E-state index contributed by atoms with van der Waals surface area (Å²) in [7, 11) is 0. The fourth-order valence-corrected chi connectivity index (χ4v) is 2.57. The molecule has 2 N–H and O–H groups in total. The Hall–Kier alpha value is -1.55. The number of nitrogens with one attached hydrogen (secondary N) is 2. The maximum atomic E-state index is 12.1. The summed E-state index contributed by atoms with van der Waals surface area (Å²) in [4.78, 5) is 12.1. The molecule has 2 unspecified atom stereocenters. The highest BCUT2D eigenvalue weighted by atomic mass is 16.6. The van der Waals surface area contributed by atoms with Crippen molar-refractivity contribution in [2.45, 2.75) is 66.2 Å². The quantitative estimate of drug-likeness (QED) is 0.770. The number of amides is 1. The molecule has 0 radical (unpaired) electrons. The Labute approximate surface area is 147 Å². The molecule has 136 valence electrons. The minimum atomic E-state index is -0.483. The summed E-state index contributed by atoms with van der Waals surface area (Å²) in [6.45, 7) is 15.0. The van der Waals surface area contributed by atoms with Gasteiger partial charge in [-0.3, -0.25) is 0 Å². The van der Waals surface area contributed by atoms with Crippen LogP contribution in [-0.4, -0.2) is 24.3 Å². The van der Waals surface area contributed by atoms with Gasteiger partial charge in [-0.05, 0) is 38.2 Å². The topological polar surface area (TPSA) is 50.4 Å². The number of hydrogen-bond donors (Lipinski definition) is 2. The molecule has 1 rings (SSSR count). The number of carbonyl (C=O) groups excluding carboxylic acids is 1. The van der Waals surface area contributed by atoms with Crippen molar-refractivity contribution in [2.24, 2.45) is 11.8 Å². The second kappa shape index (κ2) is 9.07. The van der Waals surface area contributed by atoms with Crippen molar-refractivity contribution in [1.29, 1.82) is 0 Å². The standard InChI is InChI=1S/C20H34N2O2/c1-14(2)17(22-19(23)24-20(5,6)7)13-21-18(15(3)4)16-11-9-8-10-12-16/h8-12,14-15,17-18,21H,13H2,1-7H3,(H,22,23). The SMILES string of the molecule is CC(C)C(CNC(c1ccccc1)C(C)C)NC(=O)OC(C)(C)C. The minimum Gasteiger partial charge on any atom is -0.444 e. The molecule has 24 heavy (non-hydrogen) atoms. The number of rotatable bonds is 7. The molecule has 1 aromatic rings. The summed E-state index contributed by atoms with van der Waals surface area (Å²) in [6.07, 6.45) is -0.358. The molecule has 0 aromatic heterocycles. The van der Waals surface area contributed by atoms with Gasteiger partial charge in [-0.2, -0.15) is 0 Å². The summed E-state index contributed by atoms with van der Waals surface area (Å²) in [5.74, 6) is 0.773. The first-order valence-electron chi connectivity index (χ1n) is 8.88. The van der Waals surface area contributed by atoms with Crippen LogP contribution in [0.25, 0.3) is 0 Å². The van der Waals surface area contributed by atoms with Gasteiger partial charge < -0.3 is 15.4 Å². The van der Waals surface area contributed by atoms with Crippen LogP contribution in [-0.2, 0) is 4.74 Å². The van der Waals surface area contributed by atoms with Gasteiger partial charge in [0.15, 0.2) is 0 Å². The zero-order valence-electron chi connectivity index (χ0n) is 16.2. The van der Waals surface area contributed by atoms with E-state index in [1.807, 2.05) is 26.8 Å². The molecule has 0 aliphatic carbocycles. The maximum absolute atomic E-state index is 12.1. The fraction of sp³-hybridized carbons (Fsp3) is 0.650. The first-order chi connectivity index (χ1) is 11.1. The Morgan fingerprint density at radius 3 is 2.08 bits per heavy atom. The van der Waals surface area contributed by atoms with Crippen LogP contribution in [0.1, 0.15) is 60.1 Å². The second-order valence-electron chi connectivity index (χ2n) is 8.04. The summed E-state index contributed by atoms with van der Waals surface area (Å²) in [5.41, 5.74) is 0.788. The largest absolute Gasteiger partial charge is 0.444 e. The van der Waals surface area contributed by atoms with Crippen LogP contribution in [0.15, 0.2) is 30.3 Å². The van der Waals surface area contributed by atoms with Crippen molar-refractivity contribution in [3.8, 4) is 0 Å². The van der Waals surface area contributed by atoms with Crippen LogP contribution in [0, 0.1) is 11.8 Å². The molecule has 0 aliphatic heterocycles. The van der Waals surface area contributed by atoms with E-state index in [9.17, 15) is 4.79 Å². The summed E-state index contributed by atoms with van der Waals surface area (Å²) in [5, 5.41) is 6.61. The van der Waals surface area contributed by atoms with Gasteiger partial charge in [0.05, 0.1) is 0 Å². The van der Waals surface area contributed by atoms with E-state index in [4.69, 9.17) is 4.74 Å². The van der Waals surface area contributed by atoms with Crippen LogP contribution < -0.4 is 10.6 Å². The monoisotopic (exact) mass is 334 g/mol. The van der Waals surface area contributed by atoms with E-state index >= 15 is 0 Å². The molecule has 0 aliphatic rings. The van der Waals surface area contributed by atoms with Crippen molar-refractivity contribution in [3.05, 3.63) is 35.9 Å². The van der Waals surface area contributed by atoms with Gasteiger partial charge in [0, 0.05) is 18.6 Å².